The van der Waals surface area contributed by atoms with Gasteiger partial charge in [0.25, 0.3) is 0 Å². The molecule has 0 bridgehead atoms. The molecular formula is C12H9ClFNOS. The summed E-state index contributed by atoms with van der Waals surface area (Å²) in [5.74, 6) is -0.411. The summed E-state index contributed by atoms with van der Waals surface area (Å²) in [6, 6.07) is 8.14. The van der Waals surface area contributed by atoms with Gasteiger partial charge in [0.1, 0.15) is 10.8 Å². The first-order valence-electron chi connectivity index (χ1n) is 4.88. The van der Waals surface area contributed by atoms with Gasteiger partial charge in [0, 0.05) is 16.7 Å². The number of aliphatic hydroxyl groups is 1. The fraction of sp³-hybridized carbons (Fsp3) is 0.0833. The third-order valence-electron chi connectivity index (χ3n) is 2.15. The third kappa shape index (κ3) is 2.97. The molecule has 0 atom stereocenters. The number of nitrogens with zero attached hydrogens (tertiary/aromatic N) is 1. The van der Waals surface area contributed by atoms with Crippen LogP contribution in [0.3, 0.4) is 0 Å². The molecule has 0 fully saturated rings. The first-order valence-corrected chi connectivity index (χ1v) is 6.08. The first-order chi connectivity index (χ1) is 8.20. The third-order valence-corrected chi connectivity index (χ3v) is 3.43. The van der Waals surface area contributed by atoms with E-state index in [0.717, 1.165) is 0 Å². The first kappa shape index (κ1) is 12.4. The van der Waals surface area contributed by atoms with E-state index < -0.39 is 5.82 Å². The maximum atomic E-state index is 13.4. The van der Waals surface area contributed by atoms with Gasteiger partial charge in [-0.05, 0) is 24.3 Å². The number of rotatable bonds is 3. The topological polar surface area (TPSA) is 33.1 Å². The number of aliphatic hydroxyl groups excluding tert-OH is 1. The van der Waals surface area contributed by atoms with Crippen molar-refractivity contribution in [2.24, 2.45) is 0 Å². The Balaban J connectivity index is 2.29. The van der Waals surface area contributed by atoms with E-state index in [1.54, 1.807) is 24.3 Å². The highest BCUT2D eigenvalue weighted by molar-refractivity contribution is 7.99. The van der Waals surface area contributed by atoms with Crippen LogP contribution >= 0.6 is 23.4 Å². The fourth-order valence-electron chi connectivity index (χ4n) is 1.32. The van der Waals surface area contributed by atoms with Crippen LogP contribution in [0, 0.1) is 5.82 Å². The molecule has 0 spiro atoms. The standard InChI is InChI=1S/C12H9ClFNOS/c13-8-4-5-12(15-6-8)17-11-3-1-2-10(14)9(11)7-16/h1-6,16H,7H2. The van der Waals surface area contributed by atoms with E-state index in [2.05, 4.69) is 4.98 Å². The number of pyridine rings is 1. The summed E-state index contributed by atoms with van der Waals surface area (Å²) in [7, 11) is 0. The lowest BCUT2D eigenvalue weighted by Gasteiger charge is -2.07. The van der Waals surface area contributed by atoms with Crippen molar-refractivity contribution in [3.63, 3.8) is 0 Å². The van der Waals surface area contributed by atoms with E-state index in [4.69, 9.17) is 16.7 Å². The highest BCUT2D eigenvalue weighted by atomic mass is 35.5. The molecule has 0 aliphatic carbocycles. The second-order valence-corrected chi connectivity index (χ2v) is 4.79. The summed E-state index contributed by atoms with van der Waals surface area (Å²) in [4.78, 5) is 4.76. The maximum Gasteiger partial charge on any atom is 0.129 e. The molecule has 1 aromatic carbocycles. The van der Waals surface area contributed by atoms with Crippen molar-refractivity contribution in [2.45, 2.75) is 16.5 Å². The summed E-state index contributed by atoms with van der Waals surface area (Å²) in [6.45, 7) is -0.331. The summed E-state index contributed by atoms with van der Waals surface area (Å²) in [5, 5.41) is 10.4. The van der Waals surface area contributed by atoms with E-state index in [1.165, 1.54) is 24.0 Å². The zero-order valence-electron chi connectivity index (χ0n) is 8.73. The van der Waals surface area contributed by atoms with Crippen molar-refractivity contribution in [3.05, 3.63) is 52.9 Å². The van der Waals surface area contributed by atoms with Gasteiger partial charge >= 0.3 is 0 Å². The van der Waals surface area contributed by atoms with E-state index in [-0.39, 0.29) is 12.2 Å². The number of halogens is 2. The van der Waals surface area contributed by atoms with Crippen LogP contribution in [0.5, 0.6) is 0 Å². The minimum Gasteiger partial charge on any atom is -0.392 e. The van der Waals surface area contributed by atoms with Crippen LogP contribution in [-0.4, -0.2) is 10.1 Å². The largest absolute Gasteiger partial charge is 0.392 e. The van der Waals surface area contributed by atoms with Gasteiger partial charge in [0.15, 0.2) is 0 Å². The molecule has 0 radical (unpaired) electrons. The lowest BCUT2D eigenvalue weighted by atomic mass is 10.2. The van der Waals surface area contributed by atoms with Gasteiger partial charge in [0.2, 0.25) is 0 Å². The normalized spacial score (nSPS) is 10.5. The van der Waals surface area contributed by atoms with Crippen LogP contribution in [0.2, 0.25) is 5.02 Å². The average Bonchev–Trinajstić information content (AvgIpc) is 2.32. The predicted molar refractivity (Wildman–Crippen MR) is 65.7 cm³/mol. The molecule has 5 heteroatoms. The molecule has 1 N–H and O–H groups in total. The number of aromatic nitrogens is 1. The summed E-state index contributed by atoms with van der Waals surface area (Å²) < 4.78 is 13.4. The van der Waals surface area contributed by atoms with E-state index >= 15 is 0 Å². The minimum absolute atomic E-state index is 0.286. The highest BCUT2D eigenvalue weighted by Crippen LogP contribution is 2.30. The van der Waals surface area contributed by atoms with Crippen LogP contribution in [0.15, 0.2) is 46.5 Å². The number of hydrogen-bond acceptors (Lipinski definition) is 3. The van der Waals surface area contributed by atoms with Crippen LogP contribution in [-0.2, 0) is 6.61 Å². The van der Waals surface area contributed by atoms with Crippen LogP contribution < -0.4 is 0 Å². The molecule has 0 aliphatic rings. The van der Waals surface area contributed by atoms with Gasteiger partial charge in [-0.15, -0.1) is 0 Å². The Morgan fingerprint density at radius 1 is 1.29 bits per heavy atom. The van der Waals surface area contributed by atoms with Crippen LogP contribution in [0.1, 0.15) is 5.56 Å². The monoisotopic (exact) mass is 269 g/mol. The molecular weight excluding hydrogens is 261 g/mol. The van der Waals surface area contributed by atoms with Gasteiger partial charge in [-0.2, -0.15) is 0 Å². The maximum absolute atomic E-state index is 13.4. The highest BCUT2D eigenvalue weighted by Gasteiger charge is 2.09. The van der Waals surface area contributed by atoms with Gasteiger partial charge in [-0.25, -0.2) is 9.37 Å². The Hall–Kier alpha value is -1.10. The lowest BCUT2D eigenvalue weighted by molar-refractivity contribution is 0.272. The Labute approximate surface area is 107 Å². The molecule has 2 aromatic rings. The molecule has 1 aromatic heterocycles. The van der Waals surface area contributed by atoms with Gasteiger partial charge in [0.05, 0.1) is 11.6 Å². The Morgan fingerprint density at radius 2 is 2.12 bits per heavy atom. The number of benzene rings is 1. The molecule has 2 rings (SSSR count). The second-order valence-electron chi connectivity index (χ2n) is 3.29. The quantitative estimate of drug-likeness (QED) is 0.926. The van der Waals surface area contributed by atoms with Crippen molar-refractivity contribution < 1.29 is 9.50 Å². The van der Waals surface area contributed by atoms with E-state index in [0.29, 0.717) is 14.9 Å². The average molecular weight is 270 g/mol. The van der Waals surface area contributed by atoms with Crippen molar-refractivity contribution in [1.29, 1.82) is 0 Å². The molecule has 2 nitrogen and oxygen atoms in total. The fourth-order valence-corrected chi connectivity index (χ4v) is 2.33. The second kappa shape index (κ2) is 5.49. The van der Waals surface area contributed by atoms with E-state index in [1.807, 2.05) is 0 Å². The Bertz CT molecular complexity index is 518. The predicted octanol–water partition coefficient (Wildman–Crippen LogP) is 3.52. The molecule has 88 valence electrons. The summed E-state index contributed by atoms with van der Waals surface area (Å²) >= 11 is 7.02. The van der Waals surface area contributed by atoms with Crippen molar-refractivity contribution in [1.82, 2.24) is 4.98 Å². The number of hydrogen-bond donors (Lipinski definition) is 1. The summed E-state index contributed by atoms with van der Waals surface area (Å²) in [6.07, 6.45) is 1.53. The minimum atomic E-state index is -0.411. The smallest absolute Gasteiger partial charge is 0.129 e. The zero-order chi connectivity index (χ0) is 12.3. The van der Waals surface area contributed by atoms with Gasteiger partial charge < -0.3 is 5.11 Å². The Kier molecular flexibility index (Phi) is 3.99. The van der Waals surface area contributed by atoms with Gasteiger partial charge in [-0.1, -0.05) is 29.4 Å². The lowest BCUT2D eigenvalue weighted by Crippen LogP contribution is -1.93. The molecule has 0 unspecified atom stereocenters. The molecule has 0 saturated heterocycles. The van der Waals surface area contributed by atoms with Crippen molar-refractivity contribution >= 4 is 23.4 Å². The molecule has 1 heterocycles. The van der Waals surface area contributed by atoms with Gasteiger partial charge in [-0.3, -0.25) is 0 Å². The van der Waals surface area contributed by atoms with Crippen LogP contribution in [0.4, 0.5) is 4.39 Å². The summed E-state index contributed by atoms with van der Waals surface area (Å²) in [5.41, 5.74) is 0.286. The van der Waals surface area contributed by atoms with Crippen molar-refractivity contribution in [2.75, 3.05) is 0 Å². The zero-order valence-corrected chi connectivity index (χ0v) is 10.3. The SMILES string of the molecule is OCc1c(F)cccc1Sc1ccc(Cl)cn1. The van der Waals surface area contributed by atoms with E-state index in [9.17, 15) is 4.39 Å². The molecule has 17 heavy (non-hydrogen) atoms. The molecule has 0 saturated carbocycles. The van der Waals surface area contributed by atoms with Crippen molar-refractivity contribution in [3.8, 4) is 0 Å². The Morgan fingerprint density at radius 3 is 2.76 bits per heavy atom. The molecule has 0 amide bonds. The van der Waals surface area contributed by atoms with Crippen LogP contribution in [0.25, 0.3) is 0 Å². The molecule has 0 aliphatic heterocycles.